The summed E-state index contributed by atoms with van der Waals surface area (Å²) in [6.07, 6.45) is -4.19. The first kappa shape index (κ1) is 25.7. The molecular formula is C27H23ClF4N2O2. The molecule has 0 N–H and O–H groups in total. The summed E-state index contributed by atoms with van der Waals surface area (Å²) in [6, 6.07) is 13.5. The molecule has 0 aliphatic carbocycles. The van der Waals surface area contributed by atoms with Crippen molar-refractivity contribution in [3.63, 3.8) is 0 Å². The van der Waals surface area contributed by atoms with Crippen LogP contribution in [0.2, 0.25) is 5.02 Å². The van der Waals surface area contributed by atoms with Gasteiger partial charge in [0.15, 0.2) is 0 Å². The van der Waals surface area contributed by atoms with Gasteiger partial charge in [-0.25, -0.2) is 4.39 Å². The number of carbonyl (C=O) groups excluding carboxylic acids is 2. The van der Waals surface area contributed by atoms with Gasteiger partial charge in [-0.2, -0.15) is 13.2 Å². The van der Waals surface area contributed by atoms with Crippen LogP contribution in [0.5, 0.6) is 0 Å². The summed E-state index contributed by atoms with van der Waals surface area (Å²) < 4.78 is 54.4. The lowest BCUT2D eigenvalue weighted by molar-refractivity contribution is -0.137. The predicted octanol–water partition coefficient (Wildman–Crippen LogP) is 7.42. The molecule has 36 heavy (non-hydrogen) atoms. The Morgan fingerprint density at radius 1 is 1.03 bits per heavy atom. The number of alkyl halides is 3. The molecule has 2 amide bonds. The fraction of sp³-hybridized carbons (Fsp3) is 0.259. The van der Waals surface area contributed by atoms with Crippen LogP contribution >= 0.6 is 11.6 Å². The van der Waals surface area contributed by atoms with Gasteiger partial charge in [-0.15, -0.1) is 0 Å². The van der Waals surface area contributed by atoms with Crippen LogP contribution in [-0.2, 0) is 11.0 Å². The smallest absolute Gasteiger partial charge is 0.305 e. The molecule has 4 rings (SSSR count). The maximum Gasteiger partial charge on any atom is 0.416 e. The highest BCUT2D eigenvalue weighted by Crippen LogP contribution is 2.45. The van der Waals surface area contributed by atoms with Gasteiger partial charge >= 0.3 is 6.18 Å². The Morgan fingerprint density at radius 2 is 1.67 bits per heavy atom. The van der Waals surface area contributed by atoms with E-state index in [2.05, 4.69) is 0 Å². The Morgan fingerprint density at radius 3 is 2.25 bits per heavy atom. The molecule has 1 aliphatic heterocycles. The SMILES string of the molecule is CCC(=O)N(c1ccc(Cl)cc1)C1CC(C)N(C(=O)c2ccc(F)cc2)c2cc(C(F)(F)F)ccc21. The summed E-state index contributed by atoms with van der Waals surface area (Å²) in [6.45, 7) is 3.42. The van der Waals surface area contributed by atoms with E-state index >= 15 is 0 Å². The number of halogens is 5. The Hall–Kier alpha value is -3.39. The van der Waals surface area contributed by atoms with Gasteiger partial charge in [0.1, 0.15) is 5.82 Å². The fourth-order valence-electron chi connectivity index (χ4n) is 4.56. The van der Waals surface area contributed by atoms with Gasteiger partial charge < -0.3 is 9.80 Å². The highest BCUT2D eigenvalue weighted by Gasteiger charge is 2.41. The molecule has 0 saturated heterocycles. The Labute approximate surface area is 211 Å². The van der Waals surface area contributed by atoms with Crippen molar-refractivity contribution >= 4 is 34.8 Å². The van der Waals surface area contributed by atoms with Crippen molar-refractivity contribution in [3.05, 3.63) is 94.3 Å². The minimum atomic E-state index is -4.63. The number of carbonyl (C=O) groups is 2. The molecule has 2 atom stereocenters. The van der Waals surface area contributed by atoms with Crippen molar-refractivity contribution in [1.29, 1.82) is 0 Å². The molecule has 1 aliphatic rings. The lowest BCUT2D eigenvalue weighted by Crippen LogP contribution is -2.48. The third kappa shape index (κ3) is 4.95. The van der Waals surface area contributed by atoms with Crippen LogP contribution in [0, 0.1) is 5.82 Å². The largest absolute Gasteiger partial charge is 0.416 e. The molecule has 3 aromatic rings. The molecule has 1 heterocycles. The van der Waals surface area contributed by atoms with E-state index in [4.69, 9.17) is 11.6 Å². The van der Waals surface area contributed by atoms with Crippen LogP contribution < -0.4 is 9.80 Å². The highest BCUT2D eigenvalue weighted by molar-refractivity contribution is 6.30. The number of anilines is 2. The van der Waals surface area contributed by atoms with Crippen LogP contribution in [0.15, 0.2) is 66.7 Å². The van der Waals surface area contributed by atoms with Crippen molar-refractivity contribution in [2.24, 2.45) is 0 Å². The quantitative estimate of drug-likeness (QED) is 0.337. The van der Waals surface area contributed by atoms with Crippen LogP contribution in [0.25, 0.3) is 0 Å². The molecule has 4 nitrogen and oxygen atoms in total. The van der Waals surface area contributed by atoms with Crippen LogP contribution in [0.3, 0.4) is 0 Å². The zero-order chi connectivity index (χ0) is 26.2. The van der Waals surface area contributed by atoms with E-state index in [9.17, 15) is 27.2 Å². The van der Waals surface area contributed by atoms with Crippen molar-refractivity contribution in [2.45, 2.75) is 44.9 Å². The first-order valence-corrected chi connectivity index (χ1v) is 11.8. The maximum absolute atomic E-state index is 13.7. The minimum Gasteiger partial charge on any atom is -0.305 e. The van der Waals surface area contributed by atoms with Crippen LogP contribution in [-0.4, -0.2) is 17.9 Å². The van der Waals surface area contributed by atoms with Gasteiger partial charge in [0.2, 0.25) is 5.91 Å². The van der Waals surface area contributed by atoms with E-state index < -0.39 is 35.5 Å². The lowest BCUT2D eigenvalue weighted by Gasteiger charge is -2.44. The molecule has 0 bridgehead atoms. The van der Waals surface area contributed by atoms with Gasteiger partial charge in [-0.3, -0.25) is 9.59 Å². The van der Waals surface area contributed by atoms with E-state index in [1.807, 2.05) is 0 Å². The number of nitrogens with zero attached hydrogens (tertiary/aromatic N) is 2. The molecule has 2 unspecified atom stereocenters. The zero-order valence-corrected chi connectivity index (χ0v) is 20.3. The monoisotopic (exact) mass is 518 g/mol. The number of hydrogen-bond acceptors (Lipinski definition) is 2. The Kier molecular flexibility index (Phi) is 7.09. The van der Waals surface area contributed by atoms with Crippen molar-refractivity contribution in [1.82, 2.24) is 0 Å². The molecular weight excluding hydrogens is 496 g/mol. The summed E-state index contributed by atoms with van der Waals surface area (Å²) in [5.74, 6) is -1.31. The zero-order valence-electron chi connectivity index (χ0n) is 19.5. The van der Waals surface area contributed by atoms with E-state index in [1.165, 1.54) is 23.1 Å². The van der Waals surface area contributed by atoms with Gasteiger partial charge in [-0.05, 0) is 79.6 Å². The number of amides is 2. The first-order chi connectivity index (χ1) is 17.0. The molecule has 188 valence electrons. The molecule has 0 saturated carbocycles. The first-order valence-electron chi connectivity index (χ1n) is 11.4. The molecule has 3 aromatic carbocycles. The second kappa shape index (κ2) is 9.93. The lowest BCUT2D eigenvalue weighted by atomic mass is 9.88. The molecule has 0 aromatic heterocycles. The summed E-state index contributed by atoms with van der Waals surface area (Å²) >= 11 is 6.02. The number of benzene rings is 3. The van der Waals surface area contributed by atoms with Crippen LogP contribution in [0.1, 0.15) is 54.2 Å². The number of hydrogen-bond donors (Lipinski definition) is 0. The highest BCUT2D eigenvalue weighted by atomic mass is 35.5. The van der Waals surface area contributed by atoms with Crippen molar-refractivity contribution in [2.75, 3.05) is 9.80 Å². The number of rotatable bonds is 4. The van der Waals surface area contributed by atoms with Crippen LogP contribution in [0.4, 0.5) is 28.9 Å². The van der Waals surface area contributed by atoms with Gasteiger partial charge in [0, 0.05) is 28.7 Å². The maximum atomic E-state index is 13.7. The fourth-order valence-corrected chi connectivity index (χ4v) is 4.68. The Balaban J connectivity index is 1.88. The third-order valence-corrected chi connectivity index (χ3v) is 6.53. The second-order valence-electron chi connectivity index (χ2n) is 8.65. The van der Waals surface area contributed by atoms with Gasteiger partial charge in [0.05, 0.1) is 17.3 Å². The van der Waals surface area contributed by atoms with E-state index in [1.54, 1.807) is 43.0 Å². The standard InChI is InChI=1S/C27H23ClF4N2O2/c1-3-25(35)34(21-11-7-19(28)8-12-21)23-14-16(2)33(26(36)17-4-9-20(29)10-5-17)24-15-18(27(30,31)32)6-13-22(23)24/h4-13,15-16,23H,3,14H2,1-2H3. The molecule has 0 spiro atoms. The van der Waals surface area contributed by atoms with Gasteiger partial charge in [0.25, 0.3) is 5.91 Å². The summed E-state index contributed by atoms with van der Waals surface area (Å²) in [7, 11) is 0. The van der Waals surface area contributed by atoms with Gasteiger partial charge in [-0.1, -0.05) is 24.6 Å². The van der Waals surface area contributed by atoms with E-state index in [0.29, 0.717) is 16.3 Å². The van der Waals surface area contributed by atoms with E-state index in [-0.39, 0.29) is 30.0 Å². The second-order valence-corrected chi connectivity index (χ2v) is 9.08. The normalized spacial score (nSPS) is 17.5. The molecule has 0 fully saturated rings. The molecule has 9 heteroatoms. The number of fused-ring (bicyclic) bond motifs is 1. The average molecular weight is 519 g/mol. The van der Waals surface area contributed by atoms with Crippen molar-refractivity contribution in [3.8, 4) is 0 Å². The van der Waals surface area contributed by atoms with Crippen molar-refractivity contribution < 1.29 is 27.2 Å². The topological polar surface area (TPSA) is 40.6 Å². The predicted molar refractivity (Wildman–Crippen MR) is 131 cm³/mol. The third-order valence-electron chi connectivity index (χ3n) is 6.28. The summed E-state index contributed by atoms with van der Waals surface area (Å²) in [4.78, 5) is 29.4. The minimum absolute atomic E-state index is 0.0609. The average Bonchev–Trinajstić information content (AvgIpc) is 2.84. The molecule has 0 radical (unpaired) electrons. The Bertz CT molecular complexity index is 1280. The summed E-state index contributed by atoms with van der Waals surface area (Å²) in [5.41, 5.74) is 0.252. The summed E-state index contributed by atoms with van der Waals surface area (Å²) in [5, 5.41) is 0.478. The van der Waals surface area contributed by atoms with E-state index in [0.717, 1.165) is 24.3 Å².